The first-order valence-corrected chi connectivity index (χ1v) is 9.59. The number of likely N-dealkylation sites (tertiary alicyclic amines) is 1. The van der Waals surface area contributed by atoms with Crippen molar-refractivity contribution in [2.45, 2.75) is 19.4 Å². The molecule has 160 valence electrons. The van der Waals surface area contributed by atoms with Gasteiger partial charge in [-0.1, -0.05) is 12.1 Å². The number of halogens is 1. The van der Waals surface area contributed by atoms with Gasteiger partial charge in [0, 0.05) is 32.7 Å². The third-order valence-electron chi connectivity index (χ3n) is 4.62. The Morgan fingerprint density at radius 1 is 1.29 bits per heavy atom. The normalized spacial score (nSPS) is 17.9. The number of guanidine groups is 1. The van der Waals surface area contributed by atoms with E-state index in [1.165, 1.54) is 0 Å². The summed E-state index contributed by atoms with van der Waals surface area (Å²) in [6.45, 7) is 7.03. The van der Waals surface area contributed by atoms with Crippen LogP contribution in [0, 0.1) is 5.92 Å². The molecule has 1 aliphatic rings. The summed E-state index contributed by atoms with van der Waals surface area (Å²) in [5.41, 5.74) is 0.834. The van der Waals surface area contributed by atoms with E-state index < -0.39 is 6.10 Å². The van der Waals surface area contributed by atoms with Crippen LogP contribution in [0.25, 0.3) is 0 Å². The molecule has 2 atom stereocenters. The Bertz CT molecular complexity index is 571. The number of hydrogen-bond acceptors (Lipinski definition) is 5. The molecule has 0 spiro atoms. The standard InChI is InChI=1S/C20H33N3O4.HI/c1-4-21-20(23-10-9-16(14-23)15-27-12-11-25-2)22-13-19(24)17-5-7-18(26-3)8-6-17;/h5-8,16,19,24H,4,9-15H2,1-3H3,(H,21,22);1H. The van der Waals surface area contributed by atoms with Crippen LogP contribution in [-0.2, 0) is 9.47 Å². The van der Waals surface area contributed by atoms with Crippen molar-refractivity contribution in [3.63, 3.8) is 0 Å². The highest BCUT2D eigenvalue weighted by Crippen LogP contribution is 2.19. The largest absolute Gasteiger partial charge is 0.497 e. The molecule has 2 unspecified atom stereocenters. The molecular weight excluding hydrogens is 473 g/mol. The highest BCUT2D eigenvalue weighted by Gasteiger charge is 2.25. The average Bonchev–Trinajstić information content (AvgIpc) is 3.17. The van der Waals surface area contributed by atoms with Gasteiger partial charge in [0.1, 0.15) is 5.75 Å². The van der Waals surface area contributed by atoms with Crippen molar-refractivity contribution in [1.29, 1.82) is 0 Å². The Labute approximate surface area is 185 Å². The van der Waals surface area contributed by atoms with Gasteiger partial charge in [-0.25, -0.2) is 0 Å². The number of hydrogen-bond donors (Lipinski definition) is 2. The van der Waals surface area contributed by atoms with Crippen LogP contribution >= 0.6 is 24.0 Å². The lowest BCUT2D eigenvalue weighted by Gasteiger charge is -2.22. The van der Waals surface area contributed by atoms with Crippen LogP contribution in [-0.4, -0.2) is 76.2 Å². The van der Waals surface area contributed by atoms with Gasteiger partial charge in [-0.15, -0.1) is 24.0 Å². The molecule has 2 N–H and O–H groups in total. The second-order valence-corrected chi connectivity index (χ2v) is 6.65. The predicted molar refractivity (Wildman–Crippen MR) is 122 cm³/mol. The lowest BCUT2D eigenvalue weighted by Crippen LogP contribution is -2.40. The maximum atomic E-state index is 10.4. The Hall–Kier alpha value is -1.10. The second kappa shape index (κ2) is 14.0. The fourth-order valence-electron chi connectivity index (χ4n) is 3.08. The van der Waals surface area contributed by atoms with Gasteiger partial charge in [-0.3, -0.25) is 4.99 Å². The highest BCUT2D eigenvalue weighted by atomic mass is 127. The minimum absolute atomic E-state index is 0. The number of nitrogens with zero attached hydrogens (tertiary/aromatic N) is 2. The van der Waals surface area contributed by atoms with E-state index in [2.05, 4.69) is 22.1 Å². The number of benzene rings is 1. The van der Waals surface area contributed by atoms with Crippen LogP contribution in [0.2, 0.25) is 0 Å². The molecule has 1 aliphatic heterocycles. The minimum atomic E-state index is -0.639. The number of aliphatic hydroxyl groups excluding tert-OH is 1. The molecule has 1 fully saturated rings. The van der Waals surface area contributed by atoms with Gasteiger partial charge in [-0.05, 0) is 31.0 Å². The van der Waals surface area contributed by atoms with Crippen LogP contribution < -0.4 is 10.1 Å². The Balaban J connectivity index is 0.00000392. The van der Waals surface area contributed by atoms with Gasteiger partial charge in [0.2, 0.25) is 0 Å². The fourth-order valence-corrected chi connectivity index (χ4v) is 3.08. The average molecular weight is 507 g/mol. The third kappa shape index (κ3) is 8.10. The third-order valence-corrected chi connectivity index (χ3v) is 4.62. The fraction of sp³-hybridized carbons (Fsp3) is 0.650. The van der Waals surface area contributed by atoms with Gasteiger partial charge in [0.25, 0.3) is 0 Å². The zero-order valence-electron chi connectivity index (χ0n) is 17.1. The van der Waals surface area contributed by atoms with Crippen molar-refractivity contribution < 1.29 is 19.3 Å². The number of methoxy groups -OCH3 is 2. The maximum absolute atomic E-state index is 10.4. The summed E-state index contributed by atoms with van der Waals surface area (Å²) >= 11 is 0. The van der Waals surface area contributed by atoms with Crippen molar-refractivity contribution in [2.24, 2.45) is 10.9 Å². The lowest BCUT2D eigenvalue weighted by atomic mass is 10.1. The van der Waals surface area contributed by atoms with Crippen LogP contribution in [0.3, 0.4) is 0 Å². The van der Waals surface area contributed by atoms with Gasteiger partial charge < -0.3 is 29.5 Å². The first kappa shape index (κ1) is 24.9. The topological polar surface area (TPSA) is 75.6 Å². The first-order valence-electron chi connectivity index (χ1n) is 9.59. The van der Waals surface area contributed by atoms with E-state index in [-0.39, 0.29) is 24.0 Å². The molecule has 0 saturated carbocycles. The summed E-state index contributed by atoms with van der Waals surface area (Å²) in [7, 11) is 3.31. The summed E-state index contributed by atoms with van der Waals surface area (Å²) < 4.78 is 15.8. The van der Waals surface area contributed by atoms with Crippen LogP contribution in [0.15, 0.2) is 29.3 Å². The smallest absolute Gasteiger partial charge is 0.194 e. The first-order chi connectivity index (χ1) is 13.2. The molecule has 1 saturated heterocycles. The maximum Gasteiger partial charge on any atom is 0.194 e. The number of nitrogens with one attached hydrogen (secondary N) is 1. The van der Waals surface area contributed by atoms with Crippen molar-refractivity contribution in [3.05, 3.63) is 29.8 Å². The molecule has 28 heavy (non-hydrogen) atoms. The van der Waals surface area contributed by atoms with Crippen molar-refractivity contribution in [2.75, 3.05) is 60.2 Å². The second-order valence-electron chi connectivity index (χ2n) is 6.65. The Morgan fingerprint density at radius 3 is 2.68 bits per heavy atom. The number of rotatable bonds is 10. The van der Waals surface area contributed by atoms with E-state index >= 15 is 0 Å². The lowest BCUT2D eigenvalue weighted by molar-refractivity contribution is 0.0536. The van der Waals surface area contributed by atoms with Crippen LogP contribution in [0.4, 0.5) is 0 Å². The molecular formula is C20H34IN3O4. The van der Waals surface area contributed by atoms with Crippen molar-refractivity contribution in [3.8, 4) is 5.75 Å². The number of aliphatic imine (C=N–C) groups is 1. The zero-order valence-corrected chi connectivity index (χ0v) is 19.4. The van der Waals surface area contributed by atoms with E-state index in [0.29, 0.717) is 25.7 Å². The summed E-state index contributed by atoms with van der Waals surface area (Å²) in [5, 5.41) is 13.8. The van der Waals surface area contributed by atoms with Gasteiger partial charge in [0.05, 0.1) is 39.6 Å². The number of aliphatic hydroxyl groups is 1. The molecule has 0 amide bonds. The Morgan fingerprint density at radius 2 is 2.04 bits per heavy atom. The molecule has 0 aromatic heterocycles. The molecule has 1 heterocycles. The van der Waals surface area contributed by atoms with Crippen LogP contribution in [0.1, 0.15) is 25.0 Å². The molecule has 2 rings (SSSR count). The van der Waals surface area contributed by atoms with E-state index in [1.54, 1.807) is 14.2 Å². The van der Waals surface area contributed by atoms with E-state index in [9.17, 15) is 5.11 Å². The Kier molecular flexibility index (Phi) is 12.4. The van der Waals surface area contributed by atoms with Gasteiger partial charge >= 0.3 is 0 Å². The molecule has 8 heteroatoms. The van der Waals surface area contributed by atoms with Crippen molar-refractivity contribution in [1.82, 2.24) is 10.2 Å². The van der Waals surface area contributed by atoms with E-state index in [4.69, 9.17) is 14.2 Å². The van der Waals surface area contributed by atoms with Gasteiger partial charge in [-0.2, -0.15) is 0 Å². The van der Waals surface area contributed by atoms with Gasteiger partial charge in [0.15, 0.2) is 5.96 Å². The van der Waals surface area contributed by atoms with Crippen LogP contribution in [0.5, 0.6) is 5.75 Å². The molecule has 1 aromatic rings. The molecule has 0 aliphatic carbocycles. The quantitative estimate of drug-likeness (QED) is 0.219. The molecule has 7 nitrogen and oxygen atoms in total. The molecule has 1 aromatic carbocycles. The summed E-state index contributed by atoms with van der Waals surface area (Å²) in [4.78, 5) is 6.89. The highest BCUT2D eigenvalue weighted by molar-refractivity contribution is 14.0. The zero-order chi connectivity index (χ0) is 19.5. The monoisotopic (exact) mass is 507 g/mol. The van der Waals surface area contributed by atoms with Crippen molar-refractivity contribution >= 4 is 29.9 Å². The minimum Gasteiger partial charge on any atom is -0.497 e. The SMILES string of the molecule is CCNC(=NCC(O)c1ccc(OC)cc1)N1CCC(COCCOC)C1.I. The van der Waals surface area contributed by atoms with E-state index in [1.807, 2.05) is 24.3 Å². The predicted octanol–water partition coefficient (Wildman–Crippen LogP) is 2.30. The molecule has 0 radical (unpaired) electrons. The number of ether oxygens (including phenoxy) is 3. The summed E-state index contributed by atoms with van der Waals surface area (Å²) in [6.07, 6.45) is 0.443. The van der Waals surface area contributed by atoms with E-state index in [0.717, 1.165) is 49.9 Å². The molecule has 0 bridgehead atoms. The summed E-state index contributed by atoms with van der Waals surface area (Å²) in [5.74, 6) is 2.13. The summed E-state index contributed by atoms with van der Waals surface area (Å²) in [6, 6.07) is 7.44.